The summed E-state index contributed by atoms with van der Waals surface area (Å²) in [6, 6.07) is 5.21. The van der Waals surface area contributed by atoms with E-state index < -0.39 is 5.97 Å². The Hall–Kier alpha value is -2.28. The number of fused-ring (bicyclic) bond motifs is 1. The number of ether oxygens (including phenoxy) is 1. The molecule has 0 aliphatic heterocycles. The first kappa shape index (κ1) is 15.1. The fourth-order valence-corrected chi connectivity index (χ4v) is 2.59. The molecule has 0 spiro atoms. The summed E-state index contributed by atoms with van der Waals surface area (Å²) in [7, 11) is 1.28. The van der Waals surface area contributed by atoms with Crippen LogP contribution >= 0.6 is 11.3 Å². The molecule has 2 aromatic rings. The molecule has 7 heteroatoms. The maximum Gasteiger partial charge on any atom is 0.306 e. The maximum atomic E-state index is 11.7. The van der Waals surface area contributed by atoms with Gasteiger partial charge in [0.05, 0.1) is 23.7 Å². The number of carbonyl (C=O) groups excluding carboxylic acids is 3. The third kappa shape index (κ3) is 3.85. The van der Waals surface area contributed by atoms with E-state index in [2.05, 4.69) is 15.0 Å². The fraction of sp³-hybridized carbons (Fsp3) is 0.286. The number of nitrogens with zero attached hydrogens (tertiary/aromatic N) is 1. The van der Waals surface area contributed by atoms with Gasteiger partial charge in [0, 0.05) is 19.0 Å². The Balaban J connectivity index is 2.07. The van der Waals surface area contributed by atoms with Crippen molar-refractivity contribution in [1.29, 1.82) is 0 Å². The predicted octanol–water partition coefficient (Wildman–Crippen LogP) is 2.39. The van der Waals surface area contributed by atoms with Crippen LogP contribution in [-0.2, 0) is 14.3 Å². The normalized spacial score (nSPS) is 10.4. The van der Waals surface area contributed by atoms with Crippen LogP contribution in [0.25, 0.3) is 10.2 Å². The molecule has 0 saturated heterocycles. The molecule has 0 bridgehead atoms. The van der Waals surface area contributed by atoms with E-state index in [4.69, 9.17) is 0 Å². The lowest BCUT2D eigenvalue weighted by atomic mass is 10.2. The van der Waals surface area contributed by atoms with Gasteiger partial charge in [0.25, 0.3) is 0 Å². The van der Waals surface area contributed by atoms with E-state index in [0.717, 1.165) is 10.2 Å². The minimum atomic E-state index is -0.422. The van der Waals surface area contributed by atoms with Gasteiger partial charge in [-0.05, 0) is 18.2 Å². The van der Waals surface area contributed by atoms with E-state index in [-0.39, 0.29) is 24.5 Å². The number of nitrogens with one attached hydrogen (secondary N) is 1. The zero-order valence-corrected chi connectivity index (χ0v) is 12.5. The largest absolute Gasteiger partial charge is 0.469 e. The van der Waals surface area contributed by atoms with Crippen molar-refractivity contribution in [3.63, 3.8) is 0 Å². The summed E-state index contributed by atoms with van der Waals surface area (Å²) in [5, 5.41) is 3.14. The monoisotopic (exact) mass is 306 g/mol. The van der Waals surface area contributed by atoms with Crippen LogP contribution in [-0.4, -0.2) is 29.8 Å². The van der Waals surface area contributed by atoms with Gasteiger partial charge in [-0.2, -0.15) is 0 Å². The molecule has 2 rings (SSSR count). The molecular formula is C14H14N2O4S. The lowest BCUT2D eigenvalue weighted by molar-refractivity contribution is -0.141. The van der Waals surface area contributed by atoms with Gasteiger partial charge in [-0.1, -0.05) is 0 Å². The number of esters is 1. The summed E-state index contributed by atoms with van der Waals surface area (Å²) < 4.78 is 5.30. The van der Waals surface area contributed by atoms with Gasteiger partial charge < -0.3 is 10.1 Å². The summed E-state index contributed by atoms with van der Waals surface area (Å²) in [6.45, 7) is 1.47. The highest BCUT2D eigenvalue weighted by atomic mass is 32.1. The standard InChI is InChI=1S/C14H14N2O4S/c1-8(17)14-16-10-4-3-9(7-11(10)21-14)15-12(18)5-6-13(19)20-2/h3-4,7H,5-6H2,1-2H3,(H,15,18). The molecule has 1 aromatic carbocycles. The van der Waals surface area contributed by atoms with Gasteiger partial charge in [0.15, 0.2) is 10.8 Å². The molecule has 0 radical (unpaired) electrons. The van der Waals surface area contributed by atoms with E-state index in [1.54, 1.807) is 18.2 Å². The Morgan fingerprint density at radius 2 is 2.05 bits per heavy atom. The predicted molar refractivity (Wildman–Crippen MR) is 79.5 cm³/mol. The number of benzene rings is 1. The van der Waals surface area contributed by atoms with Crippen LogP contribution in [0.3, 0.4) is 0 Å². The van der Waals surface area contributed by atoms with Crippen LogP contribution in [0.15, 0.2) is 18.2 Å². The average molecular weight is 306 g/mol. The second kappa shape index (κ2) is 6.45. The highest BCUT2D eigenvalue weighted by Gasteiger charge is 2.10. The number of rotatable bonds is 5. The molecule has 0 unspecified atom stereocenters. The van der Waals surface area contributed by atoms with E-state index in [1.807, 2.05) is 0 Å². The molecule has 0 aliphatic carbocycles. The number of aromatic nitrogens is 1. The maximum absolute atomic E-state index is 11.7. The summed E-state index contributed by atoms with van der Waals surface area (Å²) in [4.78, 5) is 38.2. The van der Waals surface area contributed by atoms with Crippen LogP contribution < -0.4 is 5.32 Å². The fourth-order valence-electron chi connectivity index (χ4n) is 1.69. The number of ketones is 1. The molecule has 1 N–H and O–H groups in total. The van der Waals surface area contributed by atoms with Crippen molar-refractivity contribution in [3.8, 4) is 0 Å². The number of amides is 1. The Kier molecular flexibility index (Phi) is 4.64. The molecule has 0 fully saturated rings. The van der Waals surface area contributed by atoms with Crippen molar-refractivity contribution in [1.82, 2.24) is 4.98 Å². The summed E-state index contributed by atoms with van der Waals surface area (Å²) in [5.74, 6) is -0.773. The molecule has 6 nitrogen and oxygen atoms in total. The van der Waals surface area contributed by atoms with Crippen LogP contribution in [0.5, 0.6) is 0 Å². The molecule has 1 heterocycles. The lowest BCUT2D eigenvalue weighted by Crippen LogP contribution is -2.13. The van der Waals surface area contributed by atoms with E-state index in [9.17, 15) is 14.4 Å². The second-order valence-electron chi connectivity index (χ2n) is 4.38. The second-order valence-corrected chi connectivity index (χ2v) is 5.41. The number of Topliss-reactive ketones (excluding diaryl/α,β-unsaturated/α-hetero) is 1. The molecule has 1 aromatic heterocycles. The molecule has 110 valence electrons. The number of methoxy groups -OCH3 is 1. The van der Waals surface area contributed by atoms with E-state index in [1.165, 1.54) is 25.4 Å². The topological polar surface area (TPSA) is 85.4 Å². The average Bonchev–Trinajstić information content (AvgIpc) is 2.88. The van der Waals surface area contributed by atoms with E-state index >= 15 is 0 Å². The number of carbonyl (C=O) groups is 3. The molecule has 0 aliphatic rings. The Bertz CT molecular complexity index is 708. The minimum Gasteiger partial charge on any atom is -0.469 e. The van der Waals surface area contributed by atoms with Gasteiger partial charge in [0.1, 0.15) is 0 Å². The first-order valence-electron chi connectivity index (χ1n) is 6.28. The summed E-state index contributed by atoms with van der Waals surface area (Å²) in [5.41, 5.74) is 1.33. The zero-order valence-electron chi connectivity index (χ0n) is 11.6. The zero-order chi connectivity index (χ0) is 15.4. The lowest BCUT2D eigenvalue weighted by Gasteiger charge is -2.04. The molecule has 0 saturated carbocycles. The van der Waals surface area contributed by atoms with Crippen LogP contribution in [0.4, 0.5) is 5.69 Å². The number of hydrogen-bond acceptors (Lipinski definition) is 6. The van der Waals surface area contributed by atoms with Gasteiger partial charge in [-0.15, -0.1) is 11.3 Å². The van der Waals surface area contributed by atoms with Crippen molar-refractivity contribution in [3.05, 3.63) is 23.2 Å². The highest BCUT2D eigenvalue weighted by molar-refractivity contribution is 7.20. The van der Waals surface area contributed by atoms with Crippen molar-refractivity contribution in [2.45, 2.75) is 19.8 Å². The summed E-state index contributed by atoms with van der Waals surface area (Å²) >= 11 is 1.28. The van der Waals surface area contributed by atoms with Crippen LogP contribution in [0.2, 0.25) is 0 Å². The van der Waals surface area contributed by atoms with E-state index in [0.29, 0.717) is 10.7 Å². The minimum absolute atomic E-state index is 0.0413. The van der Waals surface area contributed by atoms with Crippen LogP contribution in [0, 0.1) is 0 Å². The van der Waals surface area contributed by atoms with Gasteiger partial charge >= 0.3 is 5.97 Å². The quantitative estimate of drug-likeness (QED) is 0.677. The Labute approximate surface area is 125 Å². The smallest absolute Gasteiger partial charge is 0.306 e. The summed E-state index contributed by atoms with van der Waals surface area (Å²) in [6.07, 6.45) is 0.103. The van der Waals surface area contributed by atoms with Gasteiger partial charge in [0.2, 0.25) is 5.91 Å². The Morgan fingerprint density at radius 3 is 2.71 bits per heavy atom. The van der Waals surface area contributed by atoms with Crippen molar-refractivity contribution in [2.24, 2.45) is 0 Å². The molecule has 21 heavy (non-hydrogen) atoms. The van der Waals surface area contributed by atoms with Crippen molar-refractivity contribution in [2.75, 3.05) is 12.4 Å². The Morgan fingerprint density at radius 1 is 1.29 bits per heavy atom. The molecule has 1 amide bonds. The number of anilines is 1. The number of thiazole rings is 1. The third-order valence-electron chi connectivity index (χ3n) is 2.76. The van der Waals surface area contributed by atoms with Crippen LogP contribution in [0.1, 0.15) is 29.6 Å². The SMILES string of the molecule is COC(=O)CCC(=O)Nc1ccc2nc(C(C)=O)sc2c1. The number of hydrogen-bond donors (Lipinski definition) is 1. The van der Waals surface area contributed by atoms with Crippen molar-refractivity contribution >= 4 is 44.9 Å². The molecule has 0 atom stereocenters. The first-order chi connectivity index (χ1) is 9.99. The van der Waals surface area contributed by atoms with Gasteiger partial charge in [-0.25, -0.2) is 4.98 Å². The highest BCUT2D eigenvalue weighted by Crippen LogP contribution is 2.25. The van der Waals surface area contributed by atoms with Crippen molar-refractivity contribution < 1.29 is 19.1 Å². The first-order valence-corrected chi connectivity index (χ1v) is 7.09. The third-order valence-corrected chi connectivity index (χ3v) is 3.88. The molecular weight excluding hydrogens is 292 g/mol. The van der Waals surface area contributed by atoms with Gasteiger partial charge in [-0.3, -0.25) is 14.4 Å².